The minimum atomic E-state index is -0.772. The van der Waals surface area contributed by atoms with E-state index in [9.17, 15) is 14.7 Å². The second-order valence-electron chi connectivity index (χ2n) is 6.77. The lowest BCUT2D eigenvalue weighted by molar-refractivity contribution is -0.130. The quantitative estimate of drug-likeness (QED) is 0.601. The molecule has 3 heterocycles. The van der Waals surface area contributed by atoms with Gasteiger partial charge < -0.3 is 19.2 Å². The van der Waals surface area contributed by atoms with Crippen LogP contribution in [0.3, 0.4) is 0 Å². The van der Waals surface area contributed by atoms with Gasteiger partial charge in [-0.1, -0.05) is 18.2 Å². The normalized spacial score (nSPS) is 16.2. The van der Waals surface area contributed by atoms with Crippen molar-refractivity contribution in [1.29, 1.82) is 0 Å². The van der Waals surface area contributed by atoms with Crippen molar-refractivity contribution in [3.63, 3.8) is 0 Å². The summed E-state index contributed by atoms with van der Waals surface area (Å²) >= 11 is 0. The standard InChI is InChI=1S/C23H20N2O5/c1-2-29-17-9-7-16(8-10-17)20-19(21(26)18-6-4-12-30-18)22(27)23(28)25(20)14-15-5-3-11-24-13-15/h3-13,20,27H,2,14H2,1H3/t20-/m0/s1. The van der Waals surface area contributed by atoms with Crippen molar-refractivity contribution in [2.45, 2.75) is 19.5 Å². The van der Waals surface area contributed by atoms with Crippen LogP contribution in [0.4, 0.5) is 0 Å². The van der Waals surface area contributed by atoms with Gasteiger partial charge in [0.2, 0.25) is 5.78 Å². The Hall–Kier alpha value is -3.87. The minimum Gasteiger partial charge on any atom is -0.503 e. The summed E-state index contributed by atoms with van der Waals surface area (Å²) < 4.78 is 10.7. The van der Waals surface area contributed by atoms with E-state index in [0.717, 1.165) is 5.56 Å². The molecule has 152 valence electrons. The lowest BCUT2D eigenvalue weighted by atomic mass is 9.95. The zero-order chi connectivity index (χ0) is 21.1. The number of carbonyl (C=O) groups excluding carboxylic acids is 2. The maximum Gasteiger partial charge on any atom is 0.290 e. The third-order valence-electron chi connectivity index (χ3n) is 4.88. The van der Waals surface area contributed by atoms with Crippen molar-refractivity contribution < 1.29 is 23.8 Å². The van der Waals surface area contributed by atoms with E-state index in [1.807, 2.05) is 13.0 Å². The number of hydrogen-bond donors (Lipinski definition) is 1. The molecule has 4 rings (SSSR count). The average molecular weight is 404 g/mol. The number of furan rings is 1. The van der Waals surface area contributed by atoms with E-state index < -0.39 is 23.5 Å². The number of rotatable bonds is 7. The number of benzene rings is 1. The number of aliphatic hydroxyl groups is 1. The highest BCUT2D eigenvalue weighted by molar-refractivity contribution is 6.14. The highest BCUT2D eigenvalue weighted by atomic mass is 16.5. The van der Waals surface area contributed by atoms with Crippen molar-refractivity contribution in [2.75, 3.05) is 6.61 Å². The maximum atomic E-state index is 13.1. The monoisotopic (exact) mass is 404 g/mol. The van der Waals surface area contributed by atoms with Crippen LogP contribution in [0, 0.1) is 0 Å². The van der Waals surface area contributed by atoms with Gasteiger partial charge in [0.25, 0.3) is 5.91 Å². The molecule has 7 nitrogen and oxygen atoms in total. The van der Waals surface area contributed by atoms with E-state index in [-0.39, 0.29) is 17.9 Å². The maximum absolute atomic E-state index is 13.1. The van der Waals surface area contributed by atoms with E-state index in [2.05, 4.69) is 4.98 Å². The summed E-state index contributed by atoms with van der Waals surface area (Å²) in [5.41, 5.74) is 1.44. The number of amides is 1. The number of aliphatic hydroxyl groups excluding tert-OH is 1. The van der Waals surface area contributed by atoms with Gasteiger partial charge in [-0.25, -0.2) is 0 Å². The fourth-order valence-corrected chi connectivity index (χ4v) is 3.54. The molecule has 7 heteroatoms. The molecule has 1 aromatic carbocycles. The van der Waals surface area contributed by atoms with Gasteiger partial charge in [0.1, 0.15) is 5.75 Å². The summed E-state index contributed by atoms with van der Waals surface area (Å²) in [6.45, 7) is 2.60. The summed E-state index contributed by atoms with van der Waals surface area (Å²) in [6.07, 6.45) is 4.66. The lowest BCUT2D eigenvalue weighted by Gasteiger charge is -2.26. The second kappa shape index (κ2) is 8.24. The number of aromatic nitrogens is 1. The number of carbonyl (C=O) groups is 2. The van der Waals surface area contributed by atoms with Gasteiger partial charge in [-0.3, -0.25) is 14.6 Å². The van der Waals surface area contributed by atoms with Crippen LogP contribution < -0.4 is 4.74 Å². The Balaban J connectivity index is 1.76. The smallest absolute Gasteiger partial charge is 0.290 e. The molecule has 2 aromatic heterocycles. The second-order valence-corrected chi connectivity index (χ2v) is 6.77. The number of Topliss-reactive ketones (excluding diaryl/α,β-unsaturated/α-hetero) is 1. The van der Waals surface area contributed by atoms with E-state index in [4.69, 9.17) is 9.15 Å². The lowest BCUT2D eigenvalue weighted by Crippen LogP contribution is -2.30. The first kappa shape index (κ1) is 19.4. The minimum absolute atomic E-state index is 0.0111. The summed E-state index contributed by atoms with van der Waals surface area (Å²) in [5.74, 6) is -0.981. The van der Waals surface area contributed by atoms with Gasteiger partial charge in [-0.05, 0) is 48.4 Å². The number of hydrogen-bond acceptors (Lipinski definition) is 6. The fourth-order valence-electron chi connectivity index (χ4n) is 3.54. The molecule has 0 unspecified atom stereocenters. The Bertz CT molecular complexity index is 1070. The summed E-state index contributed by atoms with van der Waals surface area (Å²) in [7, 11) is 0. The highest BCUT2D eigenvalue weighted by Crippen LogP contribution is 2.40. The predicted molar refractivity (Wildman–Crippen MR) is 108 cm³/mol. The van der Waals surface area contributed by atoms with E-state index in [1.54, 1.807) is 48.8 Å². The van der Waals surface area contributed by atoms with Gasteiger partial charge in [0.15, 0.2) is 11.5 Å². The van der Waals surface area contributed by atoms with E-state index in [1.165, 1.54) is 17.2 Å². The van der Waals surface area contributed by atoms with Crippen molar-refractivity contribution in [3.05, 3.63) is 95.4 Å². The number of pyridine rings is 1. The molecular weight excluding hydrogens is 384 g/mol. The Morgan fingerprint density at radius 2 is 2.00 bits per heavy atom. The molecule has 1 aliphatic rings. The Morgan fingerprint density at radius 3 is 2.63 bits per heavy atom. The molecule has 0 saturated heterocycles. The third kappa shape index (κ3) is 3.57. The van der Waals surface area contributed by atoms with Crippen LogP contribution in [0.5, 0.6) is 5.75 Å². The molecule has 1 aliphatic heterocycles. The van der Waals surface area contributed by atoms with Crippen LogP contribution in [-0.4, -0.2) is 33.3 Å². The largest absolute Gasteiger partial charge is 0.503 e. The van der Waals surface area contributed by atoms with E-state index >= 15 is 0 Å². The van der Waals surface area contributed by atoms with Crippen molar-refractivity contribution >= 4 is 11.7 Å². The zero-order valence-electron chi connectivity index (χ0n) is 16.3. The first-order valence-electron chi connectivity index (χ1n) is 9.54. The molecule has 1 atom stereocenters. The topological polar surface area (TPSA) is 92.9 Å². The molecule has 0 fully saturated rings. The molecule has 30 heavy (non-hydrogen) atoms. The van der Waals surface area contributed by atoms with Crippen LogP contribution in [0.2, 0.25) is 0 Å². The highest BCUT2D eigenvalue weighted by Gasteiger charge is 2.44. The Labute approximate surface area is 173 Å². The molecular formula is C23H20N2O5. The predicted octanol–water partition coefficient (Wildman–Crippen LogP) is 3.85. The number of ether oxygens (including phenoxy) is 1. The fraction of sp³-hybridized carbons (Fsp3) is 0.174. The Morgan fingerprint density at radius 1 is 1.20 bits per heavy atom. The molecule has 0 saturated carbocycles. The summed E-state index contributed by atoms with van der Waals surface area (Å²) in [6, 6.07) is 13.0. The van der Waals surface area contributed by atoms with Crippen LogP contribution in [0.15, 0.2) is 82.9 Å². The summed E-state index contributed by atoms with van der Waals surface area (Å²) in [4.78, 5) is 31.6. The van der Waals surface area contributed by atoms with E-state index in [0.29, 0.717) is 17.9 Å². The molecule has 1 N–H and O–H groups in total. The van der Waals surface area contributed by atoms with Crippen molar-refractivity contribution in [3.8, 4) is 5.75 Å². The number of nitrogens with zero attached hydrogens (tertiary/aromatic N) is 2. The van der Waals surface area contributed by atoms with Gasteiger partial charge in [0.05, 0.1) is 24.5 Å². The van der Waals surface area contributed by atoms with Gasteiger partial charge >= 0.3 is 0 Å². The van der Waals surface area contributed by atoms with Crippen LogP contribution in [0.25, 0.3) is 0 Å². The van der Waals surface area contributed by atoms with Crippen molar-refractivity contribution in [1.82, 2.24) is 9.88 Å². The summed E-state index contributed by atoms with van der Waals surface area (Å²) in [5, 5.41) is 10.6. The van der Waals surface area contributed by atoms with Crippen molar-refractivity contribution in [2.24, 2.45) is 0 Å². The molecule has 0 spiro atoms. The molecule has 0 radical (unpaired) electrons. The average Bonchev–Trinajstić information content (AvgIpc) is 3.38. The van der Waals surface area contributed by atoms with Gasteiger partial charge in [0, 0.05) is 18.9 Å². The molecule has 1 amide bonds. The Kier molecular flexibility index (Phi) is 5.34. The van der Waals surface area contributed by atoms with Gasteiger partial charge in [-0.15, -0.1) is 0 Å². The first-order valence-corrected chi connectivity index (χ1v) is 9.54. The first-order chi connectivity index (χ1) is 14.6. The van der Waals surface area contributed by atoms with Crippen LogP contribution in [0.1, 0.15) is 34.6 Å². The van der Waals surface area contributed by atoms with Crippen LogP contribution in [-0.2, 0) is 11.3 Å². The number of ketones is 1. The SMILES string of the molecule is CCOc1ccc([C@H]2C(C(=O)c3ccco3)=C(O)C(=O)N2Cc2cccnc2)cc1. The third-order valence-corrected chi connectivity index (χ3v) is 4.88. The molecule has 0 aliphatic carbocycles. The zero-order valence-corrected chi connectivity index (χ0v) is 16.3. The van der Waals surface area contributed by atoms with Crippen LogP contribution >= 0.6 is 0 Å². The van der Waals surface area contributed by atoms with Gasteiger partial charge in [-0.2, -0.15) is 0 Å². The molecule has 0 bridgehead atoms. The molecule has 3 aromatic rings.